The summed E-state index contributed by atoms with van der Waals surface area (Å²) in [6.07, 6.45) is 2.30. The van der Waals surface area contributed by atoms with Crippen molar-refractivity contribution < 1.29 is 4.74 Å². The van der Waals surface area contributed by atoms with Gasteiger partial charge in [-0.3, -0.25) is 0 Å². The van der Waals surface area contributed by atoms with Crippen molar-refractivity contribution in [2.24, 2.45) is 0 Å². The van der Waals surface area contributed by atoms with Gasteiger partial charge in [-0.1, -0.05) is 19.1 Å². The van der Waals surface area contributed by atoms with Crippen molar-refractivity contribution in [1.82, 2.24) is 9.97 Å². The maximum atomic E-state index is 5.84. The molecule has 0 unspecified atom stereocenters. The van der Waals surface area contributed by atoms with E-state index in [9.17, 15) is 0 Å². The Morgan fingerprint density at radius 3 is 2.72 bits per heavy atom. The maximum absolute atomic E-state index is 5.84. The molecule has 5 heteroatoms. The predicted molar refractivity (Wildman–Crippen MR) is 75.2 cm³/mol. The third-order valence-corrected chi connectivity index (χ3v) is 3.19. The molecule has 4 nitrogen and oxygen atoms in total. The smallest absolute Gasteiger partial charge is 0.227 e. The summed E-state index contributed by atoms with van der Waals surface area (Å²) >= 11 is 3.45. The van der Waals surface area contributed by atoms with Gasteiger partial charge in [0.15, 0.2) is 0 Å². The number of anilines is 1. The number of ether oxygens (including phenoxy) is 1. The Labute approximate surface area is 115 Å². The highest BCUT2D eigenvalue weighted by Gasteiger charge is 2.11. The second kappa shape index (κ2) is 5.82. The highest BCUT2D eigenvalue weighted by Crippen LogP contribution is 2.31. The summed E-state index contributed by atoms with van der Waals surface area (Å²) in [6.45, 7) is 2.05. The minimum absolute atomic E-state index is 0.587. The molecule has 1 aromatic heterocycles. The largest absolute Gasteiger partial charge is 0.437 e. The molecule has 0 aliphatic carbocycles. The second-order valence-corrected chi connectivity index (χ2v) is 4.50. The molecule has 0 aliphatic heterocycles. The van der Waals surface area contributed by atoms with Crippen LogP contribution in [0.25, 0.3) is 0 Å². The fourth-order valence-electron chi connectivity index (χ4n) is 1.65. The van der Waals surface area contributed by atoms with E-state index < -0.39 is 0 Å². The van der Waals surface area contributed by atoms with Crippen LogP contribution in [-0.4, -0.2) is 17.0 Å². The first-order valence-electron chi connectivity index (χ1n) is 5.70. The van der Waals surface area contributed by atoms with Gasteiger partial charge in [-0.15, -0.1) is 0 Å². The molecular weight excluding hydrogens is 294 g/mol. The lowest BCUT2D eigenvalue weighted by Gasteiger charge is -2.12. The zero-order chi connectivity index (χ0) is 13.0. The molecule has 0 saturated carbocycles. The van der Waals surface area contributed by atoms with Gasteiger partial charge in [-0.2, -0.15) is 0 Å². The van der Waals surface area contributed by atoms with E-state index in [1.165, 1.54) is 6.33 Å². The van der Waals surface area contributed by atoms with Crippen LogP contribution in [0.5, 0.6) is 11.6 Å². The zero-order valence-electron chi connectivity index (χ0n) is 10.3. The van der Waals surface area contributed by atoms with Crippen molar-refractivity contribution in [3.8, 4) is 11.6 Å². The Bertz CT molecular complexity index is 546. The van der Waals surface area contributed by atoms with E-state index in [0.717, 1.165) is 28.0 Å². The first-order chi connectivity index (χ1) is 8.76. The average molecular weight is 308 g/mol. The number of halogens is 1. The van der Waals surface area contributed by atoms with Gasteiger partial charge < -0.3 is 10.1 Å². The Kier molecular flexibility index (Phi) is 4.15. The van der Waals surface area contributed by atoms with Crippen molar-refractivity contribution in [3.63, 3.8) is 0 Å². The molecule has 0 fully saturated rings. The van der Waals surface area contributed by atoms with Gasteiger partial charge in [0.1, 0.15) is 17.9 Å². The van der Waals surface area contributed by atoms with Crippen molar-refractivity contribution in [1.29, 1.82) is 0 Å². The zero-order valence-corrected chi connectivity index (χ0v) is 11.9. The number of benzene rings is 1. The Balaban J connectivity index is 2.37. The summed E-state index contributed by atoms with van der Waals surface area (Å²) < 4.78 is 6.74. The van der Waals surface area contributed by atoms with E-state index in [1.54, 1.807) is 0 Å². The highest BCUT2D eigenvalue weighted by molar-refractivity contribution is 9.10. The van der Waals surface area contributed by atoms with Gasteiger partial charge in [-0.25, -0.2) is 9.97 Å². The molecule has 1 N–H and O–H groups in total. The van der Waals surface area contributed by atoms with E-state index in [-0.39, 0.29) is 0 Å². The highest BCUT2D eigenvalue weighted by atomic mass is 79.9. The molecule has 2 rings (SSSR count). The van der Waals surface area contributed by atoms with Gasteiger partial charge in [0.05, 0.1) is 10.0 Å². The van der Waals surface area contributed by atoms with Crippen LogP contribution < -0.4 is 10.1 Å². The third-order valence-electron chi connectivity index (χ3n) is 2.54. The normalized spacial score (nSPS) is 10.2. The number of hydrogen-bond acceptors (Lipinski definition) is 4. The van der Waals surface area contributed by atoms with Crippen LogP contribution >= 0.6 is 15.9 Å². The second-order valence-electron chi connectivity index (χ2n) is 3.64. The summed E-state index contributed by atoms with van der Waals surface area (Å²) in [5.41, 5.74) is 0.968. The number of nitrogens with one attached hydrogen (secondary N) is 1. The third kappa shape index (κ3) is 2.61. The summed E-state index contributed by atoms with van der Waals surface area (Å²) in [5, 5.41) is 3.04. The van der Waals surface area contributed by atoms with E-state index in [0.29, 0.717) is 5.88 Å². The van der Waals surface area contributed by atoms with E-state index in [1.807, 2.05) is 38.2 Å². The van der Waals surface area contributed by atoms with Gasteiger partial charge in [0.2, 0.25) is 5.88 Å². The molecule has 0 aliphatic rings. The number of rotatable bonds is 4. The molecule has 0 amide bonds. The molecule has 18 heavy (non-hydrogen) atoms. The first kappa shape index (κ1) is 12.8. The van der Waals surface area contributed by atoms with Crippen LogP contribution in [-0.2, 0) is 6.42 Å². The standard InChI is InChI=1S/C13H14BrN3O/c1-3-9-12(15-2)16-8-17-13(9)18-11-7-5-4-6-10(11)14/h4-8H,3H2,1-2H3,(H,15,16,17). The summed E-state index contributed by atoms with van der Waals surface area (Å²) in [4.78, 5) is 8.38. The molecule has 0 saturated heterocycles. The SMILES string of the molecule is CCc1c(NC)ncnc1Oc1ccccc1Br. The summed E-state index contributed by atoms with van der Waals surface area (Å²) in [5.74, 6) is 2.13. The van der Waals surface area contributed by atoms with Crippen LogP contribution in [0.3, 0.4) is 0 Å². The predicted octanol–water partition coefficient (Wildman–Crippen LogP) is 3.64. The molecule has 1 heterocycles. The fraction of sp³-hybridized carbons (Fsp3) is 0.231. The van der Waals surface area contributed by atoms with E-state index >= 15 is 0 Å². The van der Waals surface area contributed by atoms with Crippen LogP contribution in [0.2, 0.25) is 0 Å². The lowest BCUT2D eigenvalue weighted by Crippen LogP contribution is -2.02. The average Bonchev–Trinajstić information content (AvgIpc) is 2.41. The van der Waals surface area contributed by atoms with Crippen molar-refractivity contribution in [3.05, 3.63) is 40.6 Å². The number of aromatic nitrogens is 2. The van der Waals surface area contributed by atoms with Gasteiger partial charge >= 0.3 is 0 Å². The summed E-state index contributed by atoms with van der Waals surface area (Å²) in [7, 11) is 1.84. The van der Waals surface area contributed by atoms with Crippen molar-refractivity contribution in [2.45, 2.75) is 13.3 Å². The number of para-hydroxylation sites is 1. The van der Waals surface area contributed by atoms with Crippen LogP contribution in [0.15, 0.2) is 35.1 Å². The molecule has 94 valence electrons. The van der Waals surface area contributed by atoms with Crippen LogP contribution in [0.1, 0.15) is 12.5 Å². The molecule has 0 atom stereocenters. The molecule has 0 radical (unpaired) electrons. The molecule has 2 aromatic rings. The number of hydrogen-bond donors (Lipinski definition) is 1. The molecule has 1 aromatic carbocycles. The lowest BCUT2D eigenvalue weighted by atomic mass is 10.2. The quantitative estimate of drug-likeness (QED) is 0.937. The van der Waals surface area contributed by atoms with Gasteiger partial charge in [0.25, 0.3) is 0 Å². The maximum Gasteiger partial charge on any atom is 0.227 e. The summed E-state index contributed by atoms with van der Waals surface area (Å²) in [6, 6.07) is 7.69. The van der Waals surface area contributed by atoms with Gasteiger partial charge in [-0.05, 0) is 34.5 Å². The topological polar surface area (TPSA) is 47.0 Å². The Morgan fingerprint density at radius 2 is 2.06 bits per heavy atom. The molecule has 0 bridgehead atoms. The van der Waals surface area contributed by atoms with Crippen molar-refractivity contribution >= 4 is 21.7 Å². The Morgan fingerprint density at radius 1 is 1.28 bits per heavy atom. The molecular formula is C13H14BrN3O. The monoisotopic (exact) mass is 307 g/mol. The molecule has 0 spiro atoms. The van der Waals surface area contributed by atoms with Crippen LogP contribution in [0, 0.1) is 0 Å². The van der Waals surface area contributed by atoms with Crippen molar-refractivity contribution in [2.75, 3.05) is 12.4 Å². The Hall–Kier alpha value is -1.62. The van der Waals surface area contributed by atoms with Gasteiger partial charge in [0, 0.05) is 7.05 Å². The first-order valence-corrected chi connectivity index (χ1v) is 6.49. The van der Waals surface area contributed by atoms with Crippen LogP contribution in [0.4, 0.5) is 5.82 Å². The lowest BCUT2D eigenvalue weighted by molar-refractivity contribution is 0.453. The minimum atomic E-state index is 0.587. The van der Waals surface area contributed by atoms with E-state index in [2.05, 4.69) is 31.2 Å². The minimum Gasteiger partial charge on any atom is -0.437 e. The van der Waals surface area contributed by atoms with E-state index in [4.69, 9.17) is 4.74 Å². The fourth-order valence-corrected chi connectivity index (χ4v) is 2.02. The number of nitrogens with zero attached hydrogens (tertiary/aromatic N) is 2.